The van der Waals surface area contributed by atoms with E-state index in [9.17, 15) is 9.90 Å². The summed E-state index contributed by atoms with van der Waals surface area (Å²) in [6, 6.07) is 0. The minimum atomic E-state index is -0.566. The molecule has 0 spiro atoms. The Labute approximate surface area is 271 Å². The highest BCUT2D eigenvalue weighted by Gasteiger charge is 2.18. The van der Waals surface area contributed by atoms with Crippen LogP contribution in [0, 0.1) is 0 Å². The molecule has 0 aromatic heterocycles. The molecule has 0 amide bonds. The van der Waals surface area contributed by atoms with Gasteiger partial charge in [0.25, 0.3) is 0 Å². The molecule has 1 N–H and O–H groups in total. The zero-order chi connectivity index (χ0) is 33.6. The van der Waals surface area contributed by atoms with Crippen LogP contribution in [0.4, 0.5) is 0 Å². The molecular formula is C41H62O3. The normalized spacial score (nSPS) is 15.6. The Morgan fingerprint density at radius 1 is 0.636 bits per heavy atom. The van der Waals surface area contributed by atoms with Gasteiger partial charge in [0.05, 0.1) is 11.2 Å². The number of rotatable bonds is 20. The largest absolute Gasteiger partial charge is 0.390 e. The van der Waals surface area contributed by atoms with Crippen molar-refractivity contribution in [2.24, 2.45) is 0 Å². The van der Waals surface area contributed by atoms with Crippen molar-refractivity contribution in [3.8, 4) is 0 Å². The second-order valence-corrected chi connectivity index (χ2v) is 13.2. The first-order valence-electron chi connectivity index (χ1n) is 16.1. The predicted octanol–water partition coefficient (Wildman–Crippen LogP) is 11.4. The third-order valence-corrected chi connectivity index (χ3v) is 7.33. The minimum Gasteiger partial charge on any atom is -0.390 e. The van der Waals surface area contributed by atoms with Crippen LogP contribution in [-0.2, 0) is 9.53 Å². The lowest BCUT2D eigenvalue weighted by molar-refractivity contribution is -0.116. The van der Waals surface area contributed by atoms with Gasteiger partial charge >= 0.3 is 0 Å². The van der Waals surface area contributed by atoms with E-state index < -0.39 is 5.60 Å². The van der Waals surface area contributed by atoms with Crippen molar-refractivity contribution >= 4 is 5.78 Å². The monoisotopic (exact) mass is 602 g/mol. The zero-order valence-corrected chi connectivity index (χ0v) is 29.8. The molecule has 0 aliphatic rings. The molecule has 3 nitrogen and oxygen atoms in total. The first kappa shape index (κ1) is 41.0. The van der Waals surface area contributed by atoms with Crippen molar-refractivity contribution in [3.05, 3.63) is 119 Å². The van der Waals surface area contributed by atoms with E-state index >= 15 is 0 Å². The van der Waals surface area contributed by atoms with Gasteiger partial charge in [-0.15, -0.1) is 0 Å². The molecule has 0 aliphatic carbocycles. The third kappa shape index (κ3) is 24.4. The molecule has 3 heteroatoms. The maximum absolute atomic E-state index is 12.3. The lowest BCUT2D eigenvalue weighted by Crippen LogP contribution is -2.23. The van der Waals surface area contributed by atoms with Crippen LogP contribution >= 0.6 is 0 Å². The Balaban J connectivity index is 4.68. The van der Waals surface area contributed by atoms with Crippen LogP contribution in [0.15, 0.2) is 119 Å². The van der Waals surface area contributed by atoms with Crippen molar-refractivity contribution in [3.63, 3.8) is 0 Å². The number of aliphatic hydroxyl groups is 1. The first-order chi connectivity index (χ1) is 20.5. The van der Waals surface area contributed by atoms with Gasteiger partial charge in [0, 0.05) is 13.5 Å². The van der Waals surface area contributed by atoms with Crippen molar-refractivity contribution in [2.45, 2.75) is 125 Å². The molecule has 0 unspecified atom stereocenters. The van der Waals surface area contributed by atoms with Gasteiger partial charge in [0.2, 0.25) is 0 Å². The summed E-state index contributed by atoms with van der Waals surface area (Å²) in [6.07, 6.45) is 35.4. The summed E-state index contributed by atoms with van der Waals surface area (Å²) < 4.78 is 5.40. The van der Waals surface area contributed by atoms with Gasteiger partial charge in [-0.25, -0.2) is 0 Å². The molecule has 0 aliphatic heterocycles. The van der Waals surface area contributed by atoms with Gasteiger partial charge in [0.1, 0.15) is 0 Å². The van der Waals surface area contributed by atoms with Gasteiger partial charge in [0.15, 0.2) is 5.78 Å². The number of carbonyl (C=O) groups excluding carboxylic acids is 1. The number of allylic oxidation sites excluding steroid dienone is 20. The summed E-state index contributed by atoms with van der Waals surface area (Å²) in [5.41, 5.74) is 6.18. The fourth-order valence-electron chi connectivity index (χ4n) is 3.98. The van der Waals surface area contributed by atoms with Crippen molar-refractivity contribution in [2.75, 3.05) is 7.11 Å². The summed E-state index contributed by atoms with van der Waals surface area (Å²) in [4.78, 5) is 12.3. The molecule has 0 heterocycles. The predicted molar refractivity (Wildman–Crippen MR) is 194 cm³/mol. The Morgan fingerprint density at radius 2 is 1.14 bits per heavy atom. The van der Waals surface area contributed by atoms with Crippen molar-refractivity contribution in [1.29, 1.82) is 0 Å². The van der Waals surface area contributed by atoms with E-state index in [2.05, 4.69) is 88.5 Å². The van der Waals surface area contributed by atoms with Crippen LogP contribution in [0.3, 0.4) is 0 Å². The quantitative estimate of drug-likeness (QED) is 0.0856. The average molecular weight is 603 g/mol. The summed E-state index contributed by atoms with van der Waals surface area (Å²) in [5.74, 6) is 0.157. The second-order valence-electron chi connectivity index (χ2n) is 13.2. The van der Waals surface area contributed by atoms with E-state index in [1.807, 2.05) is 65.8 Å². The molecule has 0 saturated heterocycles. The zero-order valence-electron chi connectivity index (χ0n) is 29.8. The molecule has 0 bridgehead atoms. The number of ether oxygens (including phenoxy) is 1. The van der Waals surface area contributed by atoms with E-state index in [1.165, 1.54) is 16.7 Å². The average Bonchev–Trinajstić information content (AvgIpc) is 2.93. The number of ketones is 1. The fraction of sp³-hybridized carbons (Fsp3) is 0.488. The molecule has 44 heavy (non-hydrogen) atoms. The molecule has 0 rings (SSSR count). The van der Waals surface area contributed by atoms with Crippen LogP contribution in [0.5, 0.6) is 0 Å². The van der Waals surface area contributed by atoms with E-state index in [0.717, 1.165) is 48.8 Å². The van der Waals surface area contributed by atoms with Crippen molar-refractivity contribution < 1.29 is 14.6 Å². The standard InChI is InChI=1S/C41H62O3/c1-33(21-14-23-35(3)24-16-26-37(5)28-18-31-40(7,8)43)19-12-13-20-34(2)22-15-25-36(4)27-17-29-38(6)39(42)30-32-41(9,10)44-11/h12-15,17,19-23,25-27,29,43H,16,18,24,28,30-32H2,1-11H3/b13-12+,21-14+,22-15+,27-17+,33-19+,34-20+,35-23+,36-25+,37-26+,38-29+. The lowest BCUT2D eigenvalue weighted by Gasteiger charge is -2.22. The Morgan fingerprint density at radius 3 is 1.66 bits per heavy atom. The van der Waals surface area contributed by atoms with E-state index in [1.54, 1.807) is 7.11 Å². The second kappa shape index (κ2) is 22.5. The number of carbonyl (C=O) groups is 1. The van der Waals surface area contributed by atoms with E-state index in [-0.39, 0.29) is 11.4 Å². The molecule has 0 aromatic rings. The smallest absolute Gasteiger partial charge is 0.158 e. The summed E-state index contributed by atoms with van der Waals surface area (Å²) in [5, 5.41) is 9.84. The van der Waals surface area contributed by atoms with Gasteiger partial charge < -0.3 is 9.84 Å². The molecule has 0 saturated carbocycles. The van der Waals surface area contributed by atoms with Crippen LogP contribution < -0.4 is 0 Å². The van der Waals surface area contributed by atoms with Crippen LogP contribution in [0.2, 0.25) is 0 Å². The molecule has 244 valence electrons. The number of hydrogen-bond acceptors (Lipinski definition) is 3. The molecule has 0 radical (unpaired) electrons. The molecule has 0 fully saturated rings. The molecular weight excluding hydrogens is 540 g/mol. The van der Waals surface area contributed by atoms with Gasteiger partial charge in [-0.05, 0) is 113 Å². The molecule has 0 atom stereocenters. The lowest BCUT2D eigenvalue weighted by atomic mass is 9.98. The van der Waals surface area contributed by atoms with E-state index in [0.29, 0.717) is 12.8 Å². The maximum atomic E-state index is 12.3. The number of methoxy groups -OCH3 is 1. The Kier molecular flexibility index (Phi) is 21.0. The van der Waals surface area contributed by atoms with Gasteiger partial charge in [-0.2, -0.15) is 0 Å². The Hall–Kier alpha value is -3.01. The first-order valence-corrected chi connectivity index (χ1v) is 16.1. The summed E-state index contributed by atoms with van der Waals surface area (Å²) >= 11 is 0. The van der Waals surface area contributed by atoms with E-state index in [4.69, 9.17) is 4.74 Å². The molecule has 0 aromatic carbocycles. The highest BCUT2D eigenvalue weighted by atomic mass is 16.5. The van der Waals surface area contributed by atoms with Crippen LogP contribution in [0.1, 0.15) is 114 Å². The highest BCUT2D eigenvalue weighted by Crippen LogP contribution is 2.18. The Bertz CT molecular complexity index is 1180. The maximum Gasteiger partial charge on any atom is 0.158 e. The van der Waals surface area contributed by atoms with Crippen molar-refractivity contribution in [1.82, 2.24) is 0 Å². The van der Waals surface area contributed by atoms with Crippen LogP contribution in [0.25, 0.3) is 0 Å². The number of Topliss-reactive ketones (excluding diaryl/α,β-unsaturated/α-hetero) is 1. The summed E-state index contributed by atoms with van der Waals surface area (Å²) in [7, 11) is 1.68. The SMILES string of the molecule is COC(C)(C)CCC(=O)/C(C)=C/C=C/C(C)=C/C=C/C(C)=C/C=C/C=C(C)/C=C/C=C(\C)CC/C=C(\C)CCCC(C)(C)O. The third-order valence-electron chi connectivity index (χ3n) is 7.33. The van der Waals surface area contributed by atoms with Gasteiger partial charge in [-0.3, -0.25) is 4.79 Å². The number of hydrogen-bond donors (Lipinski definition) is 1. The fourth-order valence-corrected chi connectivity index (χ4v) is 3.98. The summed E-state index contributed by atoms with van der Waals surface area (Å²) in [6.45, 7) is 20.2. The highest BCUT2D eigenvalue weighted by molar-refractivity contribution is 5.95. The topological polar surface area (TPSA) is 46.5 Å². The van der Waals surface area contributed by atoms with Gasteiger partial charge in [-0.1, -0.05) is 113 Å². The van der Waals surface area contributed by atoms with Crippen LogP contribution in [-0.4, -0.2) is 29.2 Å². The minimum absolute atomic E-state index is 0.157.